The van der Waals surface area contributed by atoms with Crippen LogP contribution in [0, 0.1) is 0 Å². The molecule has 0 radical (unpaired) electrons. The van der Waals surface area contributed by atoms with Crippen molar-refractivity contribution >= 4 is 11.5 Å². The van der Waals surface area contributed by atoms with E-state index in [-0.39, 0.29) is 5.91 Å². The van der Waals surface area contributed by atoms with Crippen LogP contribution >= 0.6 is 0 Å². The molecule has 4 nitrogen and oxygen atoms in total. The van der Waals surface area contributed by atoms with Gasteiger partial charge in [0.25, 0.3) is 0 Å². The van der Waals surface area contributed by atoms with E-state index < -0.39 is 0 Å². The number of nitrogens with zero attached hydrogens (tertiary/aromatic N) is 3. The van der Waals surface area contributed by atoms with Crippen molar-refractivity contribution in [3.05, 3.63) is 90.3 Å². The zero-order valence-corrected chi connectivity index (χ0v) is 15.3. The first-order valence-corrected chi connectivity index (χ1v) is 9.41. The van der Waals surface area contributed by atoms with Crippen LogP contribution < -0.4 is 0 Å². The van der Waals surface area contributed by atoms with E-state index in [0.29, 0.717) is 13.0 Å². The second-order valence-electron chi connectivity index (χ2n) is 6.81. The molecule has 27 heavy (non-hydrogen) atoms. The zero-order chi connectivity index (χ0) is 18.5. The molecular weight excluding hydrogens is 334 g/mol. The number of hydrogen-bond acceptors (Lipinski definition) is 2. The van der Waals surface area contributed by atoms with E-state index in [1.54, 1.807) is 0 Å². The Hall–Kier alpha value is -3.14. The van der Waals surface area contributed by atoms with Crippen molar-refractivity contribution in [2.45, 2.75) is 19.3 Å². The van der Waals surface area contributed by atoms with E-state index in [0.717, 1.165) is 30.6 Å². The Morgan fingerprint density at radius 1 is 1.00 bits per heavy atom. The molecule has 4 rings (SSSR count). The molecule has 1 aliphatic heterocycles. The van der Waals surface area contributed by atoms with Gasteiger partial charge < -0.3 is 4.90 Å². The molecule has 0 fully saturated rings. The minimum atomic E-state index is 0.214. The topological polar surface area (TPSA) is 38.1 Å². The summed E-state index contributed by atoms with van der Waals surface area (Å²) in [5, 5.41) is 4.40. The molecule has 136 valence electrons. The lowest BCUT2D eigenvalue weighted by molar-refractivity contribution is -0.130. The number of aryl methyl sites for hydroxylation is 1. The van der Waals surface area contributed by atoms with Gasteiger partial charge in [0.05, 0.1) is 11.9 Å². The van der Waals surface area contributed by atoms with Gasteiger partial charge in [0, 0.05) is 25.7 Å². The Morgan fingerprint density at radius 3 is 2.44 bits per heavy atom. The maximum Gasteiger partial charge on any atom is 0.223 e. The van der Waals surface area contributed by atoms with Crippen LogP contribution in [0.15, 0.2) is 79.1 Å². The molecule has 4 heteroatoms. The van der Waals surface area contributed by atoms with Gasteiger partial charge in [-0.15, -0.1) is 0 Å². The summed E-state index contributed by atoms with van der Waals surface area (Å²) in [6.45, 7) is 1.50. The minimum Gasteiger partial charge on any atom is -0.339 e. The van der Waals surface area contributed by atoms with E-state index in [2.05, 4.69) is 35.4 Å². The van der Waals surface area contributed by atoms with Crippen molar-refractivity contribution < 1.29 is 4.79 Å². The summed E-state index contributed by atoms with van der Waals surface area (Å²) in [5.41, 5.74) is 4.72. The van der Waals surface area contributed by atoms with Crippen LogP contribution in [0.1, 0.15) is 24.0 Å². The predicted octanol–water partition coefficient (Wildman–Crippen LogP) is 4.12. The number of aromatic nitrogens is 2. The maximum absolute atomic E-state index is 12.6. The van der Waals surface area contributed by atoms with Gasteiger partial charge in [-0.05, 0) is 41.7 Å². The summed E-state index contributed by atoms with van der Waals surface area (Å²) in [6, 6.07) is 20.4. The van der Waals surface area contributed by atoms with Gasteiger partial charge in [0.15, 0.2) is 0 Å². The van der Waals surface area contributed by atoms with Crippen LogP contribution in [0.2, 0.25) is 0 Å². The molecule has 0 saturated heterocycles. The summed E-state index contributed by atoms with van der Waals surface area (Å²) in [5.74, 6) is 0.214. The molecule has 1 aliphatic rings. The molecule has 0 aliphatic carbocycles. The number of amides is 1. The molecule has 0 atom stereocenters. The number of hydrogen-bond donors (Lipinski definition) is 0. The fraction of sp³-hybridized carbons (Fsp3) is 0.217. The summed E-state index contributed by atoms with van der Waals surface area (Å²) < 4.78 is 1.86. The lowest BCUT2D eigenvalue weighted by Gasteiger charge is -2.26. The first-order chi connectivity index (χ1) is 13.3. The number of benzene rings is 2. The highest BCUT2D eigenvalue weighted by atomic mass is 16.2. The molecule has 1 aromatic heterocycles. The summed E-state index contributed by atoms with van der Waals surface area (Å²) in [6.07, 6.45) is 8.20. The Labute approximate surface area is 159 Å². The lowest BCUT2D eigenvalue weighted by Crippen LogP contribution is -2.34. The van der Waals surface area contributed by atoms with Gasteiger partial charge >= 0.3 is 0 Å². The molecule has 0 N–H and O–H groups in total. The summed E-state index contributed by atoms with van der Waals surface area (Å²) >= 11 is 0. The number of carbonyl (C=O) groups excluding carboxylic acids is 1. The zero-order valence-electron chi connectivity index (χ0n) is 15.3. The maximum atomic E-state index is 12.6. The van der Waals surface area contributed by atoms with Crippen molar-refractivity contribution in [2.24, 2.45) is 0 Å². The molecule has 1 amide bonds. The first-order valence-electron chi connectivity index (χ1n) is 9.41. The predicted molar refractivity (Wildman–Crippen MR) is 108 cm³/mol. The van der Waals surface area contributed by atoms with E-state index in [9.17, 15) is 4.79 Å². The van der Waals surface area contributed by atoms with Gasteiger partial charge in [-0.2, -0.15) is 5.10 Å². The van der Waals surface area contributed by atoms with Crippen LogP contribution in [0.3, 0.4) is 0 Å². The third kappa shape index (κ3) is 4.17. The van der Waals surface area contributed by atoms with Gasteiger partial charge in [0.1, 0.15) is 0 Å². The lowest BCUT2D eigenvalue weighted by atomic mass is 9.99. The highest BCUT2D eigenvalue weighted by Crippen LogP contribution is 2.22. The standard InChI is InChI=1S/C23H23N3O/c27-23(25-15-13-21(14-16-25)20-7-3-1-4-8-20)12-11-19-17-24-26(18-19)22-9-5-2-6-10-22/h1-10,13,17-18H,11-12,14-16H2. The number of rotatable bonds is 5. The monoisotopic (exact) mass is 357 g/mol. The van der Waals surface area contributed by atoms with Gasteiger partial charge in [0.2, 0.25) is 5.91 Å². The van der Waals surface area contributed by atoms with Crippen LogP contribution in [-0.2, 0) is 11.2 Å². The average Bonchev–Trinajstić information content (AvgIpc) is 3.22. The Balaban J connectivity index is 1.32. The summed E-state index contributed by atoms with van der Waals surface area (Å²) in [4.78, 5) is 14.5. The van der Waals surface area contributed by atoms with Crippen LogP contribution in [0.5, 0.6) is 0 Å². The van der Waals surface area contributed by atoms with E-state index in [1.807, 2.05) is 58.4 Å². The normalized spacial score (nSPS) is 14.1. The van der Waals surface area contributed by atoms with Crippen molar-refractivity contribution in [3.63, 3.8) is 0 Å². The fourth-order valence-corrected chi connectivity index (χ4v) is 3.43. The highest BCUT2D eigenvalue weighted by Gasteiger charge is 2.17. The van der Waals surface area contributed by atoms with Crippen molar-refractivity contribution in [1.29, 1.82) is 0 Å². The van der Waals surface area contributed by atoms with Gasteiger partial charge in [-0.3, -0.25) is 4.79 Å². The van der Waals surface area contributed by atoms with Gasteiger partial charge in [-0.1, -0.05) is 54.6 Å². The SMILES string of the molecule is O=C(CCc1cnn(-c2ccccc2)c1)N1CC=C(c2ccccc2)CC1. The molecule has 2 aromatic carbocycles. The molecule has 0 saturated carbocycles. The fourth-order valence-electron chi connectivity index (χ4n) is 3.43. The Kier molecular flexibility index (Phi) is 5.15. The van der Waals surface area contributed by atoms with Crippen molar-refractivity contribution in [3.8, 4) is 5.69 Å². The van der Waals surface area contributed by atoms with E-state index in [1.165, 1.54) is 11.1 Å². The van der Waals surface area contributed by atoms with Crippen LogP contribution in [0.25, 0.3) is 11.3 Å². The quantitative estimate of drug-likeness (QED) is 0.689. The summed E-state index contributed by atoms with van der Waals surface area (Å²) in [7, 11) is 0. The average molecular weight is 357 g/mol. The molecule has 2 heterocycles. The number of carbonyl (C=O) groups is 1. The van der Waals surface area contributed by atoms with E-state index >= 15 is 0 Å². The second-order valence-corrected chi connectivity index (χ2v) is 6.81. The largest absolute Gasteiger partial charge is 0.339 e. The molecular formula is C23H23N3O. The second kappa shape index (κ2) is 8.04. The minimum absolute atomic E-state index is 0.214. The molecule has 0 bridgehead atoms. The van der Waals surface area contributed by atoms with Crippen molar-refractivity contribution in [2.75, 3.05) is 13.1 Å². The Morgan fingerprint density at radius 2 is 1.74 bits per heavy atom. The molecule has 0 unspecified atom stereocenters. The Bertz CT molecular complexity index is 929. The first kappa shape index (κ1) is 17.3. The molecule has 3 aromatic rings. The van der Waals surface area contributed by atoms with E-state index in [4.69, 9.17) is 0 Å². The van der Waals surface area contributed by atoms with Crippen molar-refractivity contribution in [1.82, 2.24) is 14.7 Å². The third-order valence-corrected chi connectivity index (χ3v) is 4.99. The third-order valence-electron chi connectivity index (χ3n) is 4.99. The molecule has 0 spiro atoms. The van der Waals surface area contributed by atoms with Crippen LogP contribution in [-0.4, -0.2) is 33.7 Å². The highest BCUT2D eigenvalue weighted by molar-refractivity contribution is 5.78. The smallest absolute Gasteiger partial charge is 0.223 e. The van der Waals surface area contributed by atoms with Gasteiger partial charge in [-0.25, -0.2) is 4.68 Å². The number of para-hydroxylation sites is 1. The van der Waals surface area contributed by atoms with Crippen LogP contribution in [0.4, 0.5) is 0 Å².